The average molecular weight is 407 g/mol. The van der Waals surface area contributed by atoms with Crippen LogP contribution in [0.3, 0.4) is 0 Å². The monoisotopic (exact) mass is 406 g/mol. The quantitative estimate of drug-likeness (QED) is 0.561. The molecule has 0 bridgehead atoms. The van der Waals surface area contributed by atoms with Crippen molar-refractivity contribution in [2.75, 3.05) is 0 Å². The fraction of sp³-hybridized carbons (Fsp3) is 0.182. The lowest BCUT2D eigenvalue weighted by molar-refractivity contribution is 0.393. The van der Waals surface area contributed by atoms with Crippen LogP contribution in [0.2, 0.25) is 5.02 Å². The summed E-state index contributed by atoms with van der Waals surface area (Å²) in [7, 11) is 0. The number of rotatable bonds is 4. The number of benzene rings is 2. The summed E-state index contributed by atoms with van der Waals surface area (Å²) in [5, 5.41) is 29.0. The van der Waals surface area contributed by atoms with Gasteiger partial charge in [0.05, 0.1) is 11.7 Å². The molecule has 0 aliphatic rings. The molecule has 0 radical (unpaired) electrons. The van der Waals surface area contributed by atoms with Crippen molar-refractivity contribution in [3.05, 3.63) is 86.2 Å². The van der Waals surface area contributed by atoms with Gasteiger partial charge in [-0.2, -0.15) is 10.4 Å². The van der Waals surface area contributed by atoms with Gasteiger partial charge in [0.25, 0.3) is 5.56 Å². The van der Waals surface area contributed by atoms with Gasteiger partial charge in [-0.25, -0.2) is 0 Å². The highest BCUT2D eigenvalue weighted by Gasteiger charge is 2.23. The van der Waals surface area contributed by atoms with E-state index in [1.807, 2.05) is 36.4 Å². The maximum Gasteiger partial charge on any atom is 0.282 e. The number of aromatic nitrogens is 1. The molecule has 3 aromatic rings. The molecule has 146 valence electrons. The predicted molar refractivity (Wildman–Crippen MR) is 112 cm³/mol. The second-order valence-corrected chi connectivity index (χ2v) is 7.04. The van der Waals surface area contributed by atoms with Crippen LogP contribution in [0.4, 0.5) is 11.4 Å². The van der Waals surface area contributed by atoms with Crippen molar-refractivity contribution >= 4 is 23.0 Å². The number of nitrogens with zero attached hydrogens (tertiary/aromatic N) is 4. The third-order valence-electron chi connectivity index (χ3n) is 4.88. The first kappa shape index (κ1) is 20.3. The summed E-state index contributed by atoms with van der Waals surface area (Å²) in [5.74, 6) is -0.385. The van der Waals surface area contributed by atoms with Gasteiger partial charge < -0.3 is 5.11 Å². The molecule has 0 aliphatic carbocycles. The van der Waals surface area contributed by atoms with E-state index in [2.05, 4.69) is 10.2 Å². The van der Waals surface area contributed by atoms with Crippen molar-refractivity contribution in [3.63, 3.8) is 0 Å². The van der Waals surface area contributed by atoms with Crippen LogP contribution in [0.25, 0.3) is 0 Å². The number of hydrogen-bond acceptors (Lipinski definition) is 5. The Labute approximate surface area is 173 Å². The second kappa shape index (κ2) is 8.29. The lowest BCUT2D eigenvalue weighted by Crippen LogP contribution is -2.25. The van der Waals surface area contributed by atoms with E-state index in [1.165, 1.54) is 4.57 Å². The molecular formula is C22H19ClN4O2. The molecule has 1 atom stereocenters. The van der Waals surface area contributed by atoms with Crippen LogP contribution in [-0.4, -0.2) is 9.67 Å². The number of azo groups is 1. The van der Waals surface area contributed by atoms with E-state index < -0.39 is 11.6 Å². The lowest BCUT2D eigenvalue weighted by Gasteiger charge is -2.19. The van der Waals surface area contributed by atoms with Gasteiger partial charge in [-0.05, 0) is 44.0 Å². The zero-order valence-electron chi connectivity index (χ0n) is 16.2. The molecule has 0 spiro atoms. The van der Waals surface area contributed by atoms with E-state index in [1.54, 1.807) is 39.0 Å². The van der Waals surface area contributed by atoms with Crippen LogP contribution in [0, 0.1) is 25.2 Å². The smallest absolute Gasteiger partial charge is 0.282 e. The first-order chi connectivity index (χ1) is 13.9. The van der Waals surface area contributed by atoms with E-state index in [0.29, 0.717) is 10.7 Å². The largest absolute Gasteiger partial charge is 0.493 e. The van der Waals surface area contributed by atoms with Gasteiger partial charge in [-0.15, -0.1) is 5.11 Å². The van der Waals surface area contributed by atoms with Crippen LogP contribution < -0.4 is 5.56 Å². The topological polar surface area (TPSA) is 90.7 Å². The van der Waals surface area contributed by atoms with Crippen LogP contribution in [0.15, 0.2) is 63.6 Å². The summed E-state index contributed by atoms with van der Waals surface area (Å²) < 4.78 is 1.17. The van der Waals surface area contributed by atoms with Gasteiger partial charge in [-0.1, -0.05) is 48.0 Å². The molecular weight excluding hydrogens is 388 g/mol. The number of pyridine rings is 1. The highest BCUT2D eigenvalue weighted by molar-refractivity contribution is 6.31. The van der Waals surface area contributed by atoms with E-state index in [4.69, 9.17) is 11.6 Å². The second-order valence-electron chi connectivity index (χ2n) is 6.63. The van der Waals surface area contributed by atoms with Crippen LogP contribution in [0.5, 0.6) is 5.88 Å². The van der Waals surface area contributed by atoms with E-state index in [0.717, 1.165) is 11.1 Å². The van der Waals surface area contributed by atoms with Crippen LogP contribution in [0.1, 0.15) is 35.2 Å². The van der Waals surface area contributed by atoms with Crippen molar-refractivity contribution in [2.24, 2.45) is 10.2 Å². The Morgan fingerprint density at radius 3 is 2.41 bits per heavy atom. The molecule has 1 unspecified atom stereocenters. The fourth-order valence-corrected chi connectivity index (χ4v) is 3.25. The molecule has 1 heterocycles. The van der Waals surface area contributed by atoms with Gasteiger partial charge >= 0.3 is 0 Å². The molecule has 1 N–H and O–H groups in total. The molecule has 0 saturated carbocycles. The molecule has 0 aliphatic heterocycles. The molecule has 0 saturated heterocycles. The van der Waals surface area contributed by atoms with Crippen LogP contribution >= 0.6 is 11.6 Å². The van der Waals surface area contributed by atoms with Crippen molar-refractivity contribution in [1.82, 2.24) is 4.57 Å². The van der Waals surface area contributed by atoms with Crippen molar-refractivity contribution in [3.8, 4) is 11.9 Å². The van der Waals surface area contributed by atoms with Crippen molar-refractivity contribution in [1.29, 1.82) is 5.26 Å². The van der Waals surface area contributed by atoms with Gasteiger partial charge in [0.15, 0.2) is 5.69 Å². The summed E-state index contributed by atoms with van der Waals surface area (Å²) in [6.07, 6.45) is 0. The maximum absolute atomic E-state index is 13.2. The van der Waals surface area contributed by atoms with Crippen LogP contribution in [-0.2, 0) is 0 Å². The Morgan fingerprint density at radius 2 is 1.76 bits per heavy atom. The Hall–Kier alpha value is -3.43. The number of nitriles is 1. The number of halogens is 1. The highest BCUT2D eigenvalue weighted by Crippen LogP contribution is 2.32. The van der Waals surface area contributed by atoms with Crippen molar-refractivity contribution < 1.29 is 5.11 Å². The standard InChI is InChI=1S/C22H19ClN4O2/c1-13-17(12-24)21(28)27(15(3)16-8-5-4-6-9-16)22(29)20(13)26-25-19-11-7-10-18(23)14(19)2/h4-11,15,28H,1-3H3. The molecule has 6 nitrogen and oxygen atoms in total. The molecule has 0 fully saturated rings. The minimum absolute atomic E-state index is 0.00140. The van der Waals surface area contributed by atoms with Crippen molar-refractivity contribution in [2.45, 2.75) is 26.8 Å². The maximum atomic E-state index is 13.2. The zero-order chi connectivity index (χ0) is 21.1. The Kier molecular flexibility index (Phi) is 5.81. The number of aromatic hydroxyl groups is 1. The molecule has 2 aromatic carbocycles. The minimum Gasteiger partial charge on any atom is -0.493 e. The summed E-state index contributed by atoms with van der Waals surface area (Å²) in [6, 6.07) is 15.9. The zero-order valence-corrected chi connectivity index (χ0v) is 17.0. The minimum atomic E-state index is -0.529. The third-order valence-corrected chi connectivity index (χ3v) is 5.29. The summed E-state index contributed by atoms with van der Waals surface area (Å²) in [6.45, 7) is 5.14. The molecule has 29 heavy (non-hydrogen) atoms. The first-order valence-corrected chi connectivity index (χ1v) is 9.34. The first-order valence-electron chi connectivity index (χ1n) is 8.96. The summed E-state index contributed by atoms with van der Waals surface area (Å²) in [4.78, 5) is 13.2. The third kappa shape index (κ3) is 3.78. The Morgan fingerprint density at radius 1 is 1.07 bits per heavy atom. The van der Waals surface area contributed by atoms with E-state index in [9.17, 15) is 15.2 Å². The Balaban J connectivity index is 2.20. The summed E-state index contributed by atoms with van der Waals surface area (Å²) in [5.41, 5.74) is 1.80. The van der Waals surface area contributed by atoms with E-state index in [-0.39, 0.29) is 22.7 Å². The predicted octanol–water partition coefficient (Wildman–Crippen LogP) is 5.72. The SMILES string of the molecule is Cc1c(Cl)cccc1N=Nc1c(C)c(C#N)c(O)n(C(C)c2ccccc2)c1=O. The normalized spacial score (nSPS) is 12.1. The van der Waals surface area contributed by atoms with E-state index >= 15 is 0 Å². The fourth-order valence-electron chi connectivity index (χ4n) is 3.08. The highest BCUT2D eigenvalue weighted by atomic mass is 35.5. The van der Waals surface area contributed by atoms with Gasteiger partial charge in [0, 0.05) is 10.6 Å². The van der Waals surface area contributed by atoms with Gasteiger partial charge in [0.2, 0.25) is 5.88 Å². The molecule has 3 rings (SSSR count). The average Bonchev–Trinajstić information content (AvgIpc) is 2.71. The van der Waals surface area contributed by atoms with Gasteiger partial charge in [0.1, 0.15) is 11.6 Å². The summed E-state index contributed by atoms with van der Waals surface area (Å²) >= 11 is 6.12. The number of hydrogen-bond donors (Lipinski definition) is 1. The Bertz CT molecular complexity index is 1190. The molecule has 7 heteroatoms. The lowest BCUT2D eigenvalue weighted by atomic mass is 10.1. The van der Waals surface area contributed by atoms with Gasteiger partial charge in [-0.3, -0.25) is 9.36 Å². The molecule has 0 amide bonds. The molecule has 1 aromatic heterocycles.